The van der Waals surface area contributed by atoms with E-state index in [1.165, 1.54) is 19.3 Å². The smallest absolute Gasteiger partial charge is 0.263 e. The van der Waals surface area contributed by atoms with Crippen LogP contribution < -0.4 is 5.32 Å². The van der Waals surface area contributed by atoms with Gasteiger partial charge >= 0.3 is 0 Å². The summed E-state index contributed by atoms with van der Waals surface area (Å²) in [5.74, 6) is -0.898. The Morgan fingerprint density at radius 3 is 2.83 bits per heavy atom. The molecule has 6 nitrogen and oxygen atoms in total. The minimum Gasteiger partial charge on any atom is -0.390 e. The first-order valence-electron chi connectivity index (χ1n) is 5.42. The van der Waals surface area contributed by atoms with Crippen LogP contribution in [-0.2, 0) is 10.0 Å². The van der Waals surface area contributed by atoms with Crippen molar-refractivity contribution >= 4 is 10.0 Å². The highest BCUT2D eigenvalue weighted by molar-refractivity contribution is 7.89. The second-order valence-electron chi connectivity index (χ2n) is 4.10. The van der Waals surface area contributed by atoms with E-state index in [0.29, 0.717) is 13.1 Å². The van der Waals surface area contributed by atoms with E-state index < -0.39 is 33.0 Å². The maximum Gasteiger partial charge on any atom is 0.263 e. The molecule has 0 aromatic carbocycles. The highest BCUT2D eigenvalue weighted by Gasteiger charge is 2.37. The molecule has 2 rings (SSSR count). The maximum absolute atomic E-state index is 13.5. The minimum absolute atomic E-state index is 0.315. The maximum atomic E-state index is 13.5. The van der Waals surface area contributed by atoms with Crippen LogP contribution in [0.15, 0.2) is 23.4 Å². The van der Waals surface area contributed by atoms with Crippen molar-refractivity contribution in [2.75, 3.05) is 20.1 Å². The Morgan fingerprint density at radius 1 is 1.56 bits per heavy atom. The van der Waals surface area contributed by atoms with Crippen molar-refractivity contribution in [1.82, 2.24) is 14.6 Å². The number of likely N-dealkylation sites (N-methyl/N-ethyl adjacent to an activating group) is 1. The van der Waals surface area contributed by atoms with Crippen LogP contribution in [0.5, 0.6) is 0 Å². The fourth-order valence-electron chi connectivity index (χ4n) is 1.90. The van der Waals surface area contributed by atoms with Crippen molar-refractivity contribution in [3.05, 3.63) is 24.1 Å². The lowest BCUT2D eigenvalue weighted by molar-refractivity contribution is 0.136. The quantitative estimate of drug-likeness (QED) is 0.752. The van der Waals surface area contributed by atoms with Gasteiger partial charge in [-0.05, 0) is 12.1 Å². The first kappa shape index (κ1) is 13.3. The van der Waals surface area contributed by atoms with E-state index in [2.05, 4.69) is 10.3 Å². The number of nitrogens with zero attached hydrogens (tertiary/aromatic N) is 2. The van der Waals surface area contributed by atoms with Crippen LogP contribution in [0.3, 0.4) is 0 Å². The zero-order valence-electron chi connectivity index (χ0n) is 9.75. The third-order valence-electron chi connectivity index (χ3n) is 2.97. The molecule has 2 heterocycles. The molecule has 0 aliphatic carbocycles. The van der Waals surface area contributed by atoms with Crippen LogP contribution >= 0.6 is 0 Å². The van der Waals surface area contributed by atoms with Gasteiger partial charge in [0.05, 0.1) is 12.1 Å². The molecule has 1 aliphatic rings. The Morgan fingerprint density at radius 2 is 2.28 bits per heavy atom. The van der Waals surface area contributed by atoms with Gasteiger partial charge in [-0.1, -0.05) is 0 Å². The number of aromatic nitrogens is 1. The summed E-state index contributed by atoms with van der Waals surface area (Å²) in [6, 6.07) is 1.74. The van der Waals surface area contributed by atoms with Crippen molar-refractivity contribution in [2.45, 2.75) is 17.2 Å². The molecule has 100 valence electrons. The van der Waals surface area contributed by atoms with Crippen molar-refractivity contribution in [1.29, 1.82) is 0 Å². The second-order valence-corrected chi connectivity index (χ2v) is 6.02. The topological polar surface area (TPSA) is 82.5 Å². The second kappa shape index (κ2) is 4.88. The van der Waals surface area contributed by atoms with E-state index in [1.54, 1.807) is 0 Å². The predicted molar refractivity (Wildman–Crippen MR) is 61.8 cm³/mol. The zero-order chi connectivity index (χ0) is 13.3. The lowest BCUT2D eigenvalue weighted by Crippen LogP contribution is -2.44. The molecule has 1 fully saturated rings. The summed E-state index contributed by atoms with van der Waals surface area (Å²) >= 11 is 0. The lowest BCUT2D eigenvalue weighted by atomic mass is 10.2. The number of aliphatic hydroxyl groups is 1. The molecule has 1 aliphatic heterocycles. The molecular weight excluding hydrogens is 261 g/mol. The van der Waals surface area contributed by atoms with Gasteiger partial charge in [0.15, 0.2) is 5.82 Å². The molecule has 2 atom stereocenters. The molecule has 0 bridgehead atoms. The number of hydrogen-bond donors (Lipinski definition) is 2. The normalized spacial score (nSPS) is 24.7. The van der Waals surface area contributed by atoms with Crippen molar-refractivity contribution < 1.29 is 17.9 Å². The molecule has 2 N–H and O–H groups in total. The van der Waals surface area contributed by atoms with Crippen LogP contribution in [0, 0.1) is 5.82 Å². The lowest BCUT2D eigenvalue weighted by Gasteiger charge is -2.25. The zero-order valence-corrected chi connectivity index (χ0v) is 10.6. The van der Waals surface area contributed by atoms with Gasteiger partial charge in [-0.15, -0.1) is 0 Å². The van der Waals surface area contributed by atoms with E-state index in [-0.39, 0.29) is 0 Å². The molecule has 0 amide bonds. The van der Waals surface area contributed by atoms with Crippen LogP contribution in [0.4, 0.5) is 4.39 Å². The van der Waals surface area contributed by atoms with E-state index in [1.807, 2.05) is 0 Å². The first-order chi connectivity index (χ1) is 8.44. The van der Waals surface area contributed by atoms with Gasteiger partial charge in [0.25, 0.3) is 10.0 Å². The number of hydrogen-bond acceptors (Lipinski definition) is 5. The van der Waals surface area contributed by atoms with Gasteiger partial charge in [-0.2, -0.15) is 4.31 Å². The number of β-amino-alcohol motifs (C(OH)–C–C–N with tert-alkyl or cyclic N) is 1. The highest BCUT2D eigenvalue weighted by atomic mass is 32.2. The van der Waals surface area contributed by atoms with Gasteiger partial charge in [-0.25, -0.2) is 17.8 Å². The van der Waals surface area contributed by atoms with Crippen molar-refractivity contribution in [2.24, 2.45) is 0 Å². The highest BCUT2D eigenvalue weighted by Crippen LogP contribution is 2.19. The summed E-state index contributed by atoms with van der Waals surface area (Å²) in [6.07, 6.45) is 0.407. The van der Waals surface area contributed by atoms with Gasteiger partial charge < -0.3 is 10.4 Å². The number of halogens is 1. The van der Waals surface area contributed by atoms with Crippen LogP contribution in [0.1, 0.15) is 0 Å². The van der Waals surface area contributed by atoms with Crippen LogP contribution in [0.2, 0.25) is 0 Å². The summed E-state index contributed by atoms with van der Waals surface area (Å²) in [6.45, 7) is 0.639. The molecule has 1 aromatic heterocycles. The SMILES string of the molecule is CN([C@H]1CNC[C@@H]1O)S(=O)(=O)c1ncccc1F. The fourth-order valence-corrected chi connectivity index (χ4v) is 3.25. The van der Waals surface area contributed by atoms with E-state index >= 15 is 0 Å². The largest absolute Gasteiger partial charge is 0.390 e. The third kappa shape index (κ3) is 2.24. The molecule has 1 saturated heterocycles. The molecule has 8 heteroatoms. The van der Waals surface area contributed by atoms with Gasteiger partial charge in [0, 0.05) is 26.3 Å². The Balaban J connectivity index is 2.34. The molecule has 0 radical (unpaired) electrons. The van der Waals surface area contributed by atoms with E-state index in [0.717, 1.165) is 10.4 Å². The summed E-state index contributed by atoms with van der Waals surface area (Å²) in [5.41, 5.74) is 0. The van der Waals surface area contributed by atoms with Crippen LogP contribution in [-0.4, -0.2) is 55.1 Å². The summed E-state index contributed by atoms with van der Waals surface area (Å²) in [5, 5.41) is 11.9. The molecule has 18 heavy (non-hydrogen) atoms. The number of rotatable bonds is 3. The Bertz CT molecular complexity index is 537. The predicted octanol–water partition coefficient (Wildman–Crippen LogP) is -0.826. The molecular formula is C10H14FN3O3S. The Hall–Kier alpha value is -1.09. The summed E-state index contributed by atoms with van der Waals surface area (Å²) < 4.78 is 38.8. The molecule has 0 unspecified atom stereocenters. The van der Waals surface area contributed by atoms with Crippen molar-refractivity contribution in [3.63, 3.8) is 0 Å². The summed E-state index contributed by atoms with van der Waals surface area (Å²) in [7, 11) is -2.73. The number of pyridine rings is 1. The Kier molecular flexibility index (Phi) is 3.62. The molecule has 0 saturated carbocycles. The molecule has 0 spiro atoms. The average Bonchev–Trinajstić information content (AvgIpc) is 2.74. The van der Waals surface area contributed by atoms with E-state index in [4.69, 9.17) is 0 Å². The number of nitrogens with one attached hydrogen (secondary N) is 1. The van der Waals surface area contributed by atoms with Gasteiger partial charge in [0.1, 0.15) is 0 Å². The number of sulfonamides is 1. The standard InChI is InChI=1S/C10H14FN3O3S/c1-14(8-5-12-6-9(8)15)18(16,17)10-7(11)3-2-4-13-10/h2-4,8-9,12,15H,5-6H2,1H3/t8-,9-/m0/s1. The Labute approximate surface area is 105 Å². The third-order valence-corrected chi connectivity index (χ3v) is 4.78. The fraction of sp³-hybridized carbons (Fsp3) is 0.500. The van der Waals surface area contributed by atoms with Crippen molar-refractivity contribution in [3.8, 4) is 0 Å². The van der Waals surface area contributed by atoms with Crippen LogP contribution in [0.25, 0.3) is 0 Å². The first-order valence-corrected chi connectivity index (χ1v) is 6.86. The minimum atomic E-state index is -4.04. The monoisotopic (exact) mass is 275 g/mol. The van der Waals surface area contributed by atoms with Gasteiger partial charge in [-0.3, -0.25) is 0 Å². The van der Waals surface area contributed by atoms with Gasteiger partial charge in [0.2, 0.25) is 5.03 Å². The van der Waals surface area contributed by atoms with E-state index in [9.17, 15) is 17.9 Å². The number of aliphatic hydroxyl groups excluding tert-OH is 1. The molecule has 1 aromatic rings. The summed E-state index contributed by atoms with van der Waals surface area (Å²) in [4.78, 5) is 3.56. The average molecular weight is 275 g/mol.